The lowest BCUT2D eigenvalue weighted by atomic mass is 9.97. The average Bonchev–Trinajstić information content (AvgIpc) is 2.73. The first-order valence-electron chi connectivity index (χ1n) is 10.8. The van der Waals surface area contributed by atoms with Gasteiger partial charge in [0.05, 0.1) is 10.6 Å². The molecule has 0 spiro atoms. The highest BCUT2D eigenvalue weighted by Gasteiger charge is 2.34. The van der Waals surface area contributed by atoms with Gasteiger partial charge in [-0.2, -0.15) is 4.31 Å². The Morgan fingerprint density at radius 3 is 2.06 bits per heavy atom. The summed E-state index contributed by atoms with van der Waals surface area (Å²) in [5.41, 5.74) is 2.66. The molecule has 0 atom stereocenters. The highest BCUT2D eigenvalue weighted by atomic mass is 32.2. The first kappa shape index (κ1) is 25.4. The number of rotatable bonds is 6. The maximum atomic E-state index is 13.3. The molecule has 0 saturated carbocycles. The second-order valence-electron chi connectivity index (χ2n) is 8.68. The Morgan fingerprint density at radius 2 is 1.52 bits per heavy atom. The lowest BCUT2D eigenvalue weighted by molar-refractivity contribution is -0.120. The predicted molar refractivity (Wildman–Crippen MR) is 128 cm³/mol. The molecule has 180 valence electrons. The molecule has 0 unspecified atom stereocenters. The van der Waals surface area contributed by atoms with E-state index in [1.807, 2.05) is 19.1 Å². The summed E-state index contributed by atoms with van der Waals surface area (Å²) in [6.45, 7) is 5.98. The molecule has 3 rings (SSSR count). The molecule has 33 heavy (non-hydrogen) atoms. The summed E-state index contributed by atoms with van der Waals surface area (Å²) in [4.78, 5) is 13.3. The van der Waals surface area contributed by atoms with Crippen molar-refractivity contribution in [1.29, 1.82) is 0 Å². The Bertz CT molecular complexity index is 1240. The van der Waals surface area contributed by atoms with Gasteiger partial charge >= 0.3 is 0 Å². The van der Waals surface area contributed by atoms with Gasteiger partial charge in [0.2, 0.25) is 26.0 Å². The fraction of sp³-hybridized carbons (Fsp3) is 0.435. The first-order valence-corrected chi connectivity index (χ1v) is 13.6. The van der Waals surface area contributed by atoms with Crippen molar-refractivity contribution in [2.24, 2.45) is 5.92 Å². The highest BCUT2D eigenvalue weighted by molar-refractivity contribution is 7.89. The van der Waals surface area contributed by atoms with Gasteiger partial charge in [0.25, 0.3) is 0 Å². The van der Waals surface area contributed by atoms with E-state index in [-0.39, 0.29) is 29.6 Å². The molecule has 2 aromatic rings. The number of sulfonamides is 2. The van der Waals surface area contributed by atoms with Gasteiger partial charge in [0.1, 0.15) is 4.90 Å². The Kier molecular flexibility index (Phi) is 7.33. The lowest BCUT2D eigenvalue weighted by Gasteiger charge is -2.31. The molecular formula is C23H31N3O5S2. The third-order valence-corrected chi connectivity index (χ3v) is 10.0. The van der Waals surface area contributed by atoms with Crippen LogP contribution < -0.4 is 5.32 Å². The molecule has 0 radical (unpaired) electrons. The van der Waals surface area contributed by atoms with Crippen LogP contribution in [-0.4, -0.2) is 58.5 Å². The second-order valence-corrected chi connectivity index (χ2v) is 12.7. The van der Waals surface area contributed by atoms with E-state index in [0.717, 1.165) is 9.87 Å². The number of benzene rings is 2. The summed E-state index contributed by atoms with van der Waals surface area (Å²) < 4.78 is 54.2. The minimum atomic E-state index is -3.72. The fourth-order valence-corrected chi connectivity index (χ4v) is 7.21. The topological polar surface area (TPSA) is 104 Å². The molecule has 1 heterocycles. The number of carbonyl (C=O) groups excluding carboxylic acids is 1. The molecule has 1 N–H and O–H groups in total. The van der Waals surface area contributed by atoms with Crippen molar-refractivity contribution in [2.75, 3.05) is 32.5 Å². The largest absolute Gasteiger partial charge is 0.325 e. The number of piperidine rings is 1. The minimum Gasteiger partial charge on any atom is -0.325 e. The van der Waals surface area contributed by atoms with Gasteiger partial charge in [-0.1, -0.05) is 29.8 Å². The SMILES string of the molecule is Cc1cc(C)c(S(=O)(=O)N2CCC(C(=O)Nc3ccccc3S(=O)(=O)N(C)C)CC2)c(C)c1. The van der Waals surface area contributed by atoms with Crippen LogP contribution in [0.5, 0.6) is 0 Å². The number of hydrogen-bond acceptors (Lipinski definition) is 5. The van der Waals surface area contributed by atoms with Crippen LogP contribution in [-0.2, 0) is 24.8 Å². The molecule has 1 aliphatic heterocycles. The van der Waals surface area contributed by atoms with Crippen molar-refractivity contribution in [3.8, 4) is 0 Å². The van der Waals surface area contributed by atoms with Crippen molar-refractivity contribution in [3.63, 3.8) is 0 Å². The van der Waals surface area contributed by atoms with E-state index >= 15 is 0 Å². The Labute approximate surface area is 196 Å². The molecule has 8 nitrogen and oxygen atoms in total. The molecule has 10 heteroatoms. The summed E-state index contributed by atoms with van der Waals surface area (Å²) in [5.74, 6) is -0.720. The van der Waals surface area contributed by atoms with Gasteiger partial charge < -0.3 is 5.32 Å². The van der Waals surface area contributed by atoms with E-state index < -0.39 is 26.0 Å². The van der Waals surface area contributed by atoms with Gasteiger partial charge in [-0.3, -0.25) is 4.79 Å². The van der Waals surface area contributed by atoms with E-state index in [4.69, 9.17) is 0 Å². The first-order chi connectivity index (χ1) is 15.4. The van der Waals surface area contributed by atoms with Crippen molar-refractivity contribution in [3.05, 3.63) is 53.1 Å². The zero-order valence-corrected chi connectivity index (χ0v) is 21.3. The molecule has 1 aliphatic rings. The number of para-hydroxylation sites is 1. The number of hydrogen-bond donors (Lipinski definition) is 1. The molecule has 1 fully saturated rings. The quantitative estimate of drug-likeness (QED) is 0.666. The minimum absolute atomic E-state index is 0.0219. The van der Waals surface area contributed by atoms with Crippen LogP contribution in [0.4, 0.5) is 5.69 Å². The predicted octanol–water partition coefficient (Wildman–Crippen LogP) is 2.90. The number of nitrogens with zero attached hydrogens (tertiary/aromatic N) is 2. The third-order valence-electron chi connectivity index (χ3n) is 5.93. The third kappa shape index (κ3) is 5.13. The molecule has 0 bridgehead atoms. The van der Waals surface area contributed by atoms with Crippen LogP contribution in [0.25, 0.3) is 0 Å². The smallest absolute Gasteiger partial charge is 0.244 e. The average molecular weight is 494 g/mol. The Balaban J connectivity index is 1.73. The molecule has 1 amide bonds. The van der Waals surface area contributed by atoms with Crippen LogP contribution in [0, 0.1) is 26.7 Å². The number of nitrogens with one attached hydrogen (secondary N) is 1. The summed E-state index contributed by atoms with van der Waals surface area (Å²) in [6.07, 6.45) is 0.717. The van der Waals surface area contributed by atoms with Crippen LogP contribution in [0.2, 0.25) is 0 Å². The van der Waals surface area contributed by atoms with Gasteiger partial charge in [-0.05, 0) is 56.9 Å². The molecule has 1 saturated heterocycles. The van der Waals surface area contributed by atoms with Crippen molar-refractivity contribution >= 4 is 31.6 Å². The van der Waals surface area contributed by atoms with Crippen LogP contribution in [0.1, 0.15) is 29.5 Å². The molecule has 2 aromatic carbocycles. The highest BCUT2D eigenvalue weighted by Crippen LogP contribution is 2.30. The molecule has 0 aliphatic carbocycles. The maximum Gasteiger partial charge on any atom is 0.244 e. The van der Waals surface area contributed by atoms with Crippen molar-refractivity contribution < 1.29 is 21.6 Å². The number of amides is 1. The van der Waals surface area contributed by atoms with E-state index in [1.54, 1.807) is 32.0 Å². The van der Waals surface area contributed by atoms with Crippen LogP contribution in [0.15, 0.2) is 46.2 Å². The maximum absolute atomic E-state index is 13.3. The van der Waals surface area contributed by atoms with Crippen molar-refractivity contribution in [2.45, 2.75) is 43.4 Å². The van der Waals surface area contributed by atoms with E-state index in [1.165, 1.54) is 24.5 Å². The normalized spacial score (nSPS) is 16.2. The number of carbonyl (C=O) groups is 1. The molecular weight excluding hydrogens is 462 g/mol. The Morgan fingerprint density at radius 1 is 0.970 bits per heavy atom. The van der Waals surface area contributed by atoms with Gasteiger partial charge in [0, 0.05) is 33.1 Å². The number of aryl methyl sites for hydroxylation is 3. The zero-order valence-electron chi connectivity index (χ0n) is 19.6. The fourth-order valence-electron chi connectivity index (χ4n) is 4.29. The second kappa shape index (κ2) is 9.54. The Hall–Kier alpha value is -2.27. The van der Waals surface area contributed by atoms with Gasteiger partial charge in [0.15, 0.2) is 0 Å². The summed E-state index contributed by atoms with van der Waals surface area (Å²) in [7, 11) is -4.53. The standard InChI is InChI=1S/C23H31N3O5S2/c1-16-14-17(2)22(18(3)15-16)33(30,31)26-12-10-19(11-13-26)23(27)24-20-8-6-7-9-21(20)32(28,29)25(4)5/h6-9,14-15,19H,10-13H2,1-5H3,(H,24,27). The molecule has 0 aromatic heterocycles. The van der Waals surface area contributed by atoms with E-state index in [2.05, 4.69) is 5.32 Å². The summed E-state index contributed by atoms with van der Waals surface area (Å²) >= 11 is 0. The van der Waals surface area contributed by atoms with Crippen LogP contribution >= 0.6 is 0 Å². The monoisotopic (exact) mass is 493 g/mol. The lowest BCUT2D eigenvalue weighted by Crippen LogP contribution is -2.42. The van der Waals surface area contributed by atoms with E-state index in [9.17, 15) is 21.6 Å². The number of anilines is 1. The summed E-state index contributed by atoms with van der Waals surface area (Å²) in [5, 5.41) is 2.74. The van der Waals surface area contributed by atoms with Gasteiger partial charge in [-0.25, -0.2) is 21.1 Å². The van der Waals surface area contributed by atoms with Gasteiger partial charge in [-0.15, -0.1) is 0 Å². The van der Waals surface area contributed by atoms with Crippen molar-refractivity contribution in [1.82, 2.24) is 8.61 Å². The summed E-state index contributed by atoms with van der Waals surface area (Å²) in [6, 6.07) is 9.98. The van der Waals surface area contributed by atoms with Crippen LogP contribution in [0.3, 0.4) is 0 Å². The van der Waals surface area contributed by atoms with E-state index in [0.29, 0.717) is 28.9 Å². The zero-order chi connectivity index (χ0) is 24.6.